The first kappa shape index (κ1) is 15.7. The van der Waals surface area contributed by atoms with E-state index in [4.69, 9.17) is 10.5 Å². The summed E-state index contributed by atoms with van der Waals surface area (Å²) in [4.78, 5) is 21.4. The number of rotatable bonds is 6. The number of nitrogens with two attached hydrogens (primary N) is 1. The molecule has 110 valence electrons. The average molecular weight is 288 g/mol. The topological polar surface area (TPSA) is 90.6 Å². The molecule has 0 heterocycles. The molecule has 0 radical (unpaired) electrons. The molecule has 1 aromatic rings. The maximum absolute atomic E-state index is 12.2. The summed E-state index contributed by atoms with van der Waals surface area (Å²) in [5, 5.41) is 2.29. The number of hydrogen-bond acceptors (Lipinski definition) is 4. The van der Waals surface area contributed by atoms with Crippen molar-refractivity contribution in [2.45, 2.75) is 13.0 Å². The number of carbonyl (C=O) groups is 2. The molecule has 6 nitrogen and oxygen atoms in total. The molecule has 2 amide bonds. The van der Waals surface area contributed by atoms with Gasteiger partial charge < -0.3 is 20.5 Å². The van der Waals surface area contributed by atoms with Gasteiger partial charge in [0.05, 0.1) is 7.11 Å². The Morgan fingerprint density at radius 3 is 2.60 bits per heavy atom. The molecule has 20 heavy (non-hydrogen) atoms. The van der Waals surface area contributed by atoms with Gasteiger partial charge in [0.2, 0.25) is 0 Å². The molecule has 0 aromatic heterocycles. The highest BCUT2D eigenvalue weighted by molar-refractivity contribution is 6.34. The van der Waals surface area contributed by atoms with E-state index in [1.54, 1.807) is 6.07 Å². The highest BCUT2D eigenvalue weighted by Gasteiger charge is 2.12. The van der Waals surface area contributed by atoms with Crippen LogP contribution in [0, 0.1) is 0 Å². The van der Waals surface area contributed by atoms with Gasteiger partial charge in [-0.2, -0.15) is 8.78 Å². The zero-order chi connectivity index (χ0) is 15.1. The maximum Gasteiger partial charge on any atom is 0.387 e. The van der Waals surface area contributed by atoms with Gasteiger partial charge in [-0.25, -0.2) is 0 Å². The Balaban J connectivity index is 2.67. The Morgan fingerprint density at radius 1 is 1.35 bits per heavy atom. The molecule has 0 aliphatic rings. The fourth-order valence-corrected chi connectivity index (χ4v) is 1.47. The Kier molecular flexibility index (Phi) is 5.70. The number of benzene rings is 1. The fraction of sp³-hybridized carbons (Fsp3) is 0.333. The Morgan fingerprint density at radius 2 is 2.05 bits per heavy atom. The van der Waals surface area contributed by atoms with E-state index in [1.165, 1.54) is 19.2 Å². The number of halogens is 2. The van der Waals surface area contributed by atoms with Gasteiger partial charge in [-0.1, -0.05) is 6.07 Å². The molecule has 0 fully saturated rings. The van der Waals surface area contributed by atoms with Crippen molar-refractivity contribution in [2.75, 3.05) is 13.7 Å². The molecule has 0 saturated heterocycles. The minimum absolute atomic E-state index is 0.0961. The lowest BCUT2D eigenvalue weighted by Crippen LogP contribution is -2.37. The van der Waals surface area contributed by atoms with Crippen LogP contribution in [0.15, 0.2) is 18.2 Å². The first-order valence-electron chi connectivity index (χ1n) is 5.63. The van der Waals surface area contributed by atoms with Crippen molar-refractivity contribution < 1.29 is 27.8 Å². The predicted molar refractivity (Wildman–Crippen MR) is 65.5 cm³/mol. The van der Waals surface area contributed by atoms with Gasteiger partial charge >= 0.3 is 18.4 Å². The number of nitrogens with one attached hydrogen (secondary N) is 1. The van der Waals surface area contributed by atoms with Crippen molar-refractivity contribution in [1.82, 2.24) is 5.32 Å². The second-order valence-electron chi connectivity index (χ2n) is 3.73. The van der Waals surface area contributed by atoms with Crippen molar-refractivity contribution in [3.63, 3.8) is 0 Å². The second-order valence-corrected chi connectivity index (χ2v) is 3.73. The van der Waals surface area contributed by atoms with Crippen LogP contribution >= 0.6 is 0 Å². The molecular weight excluding hydrogens is 274 g/mol. The summed E-state index contributed by atoms with van der Waals surface area (Å²) in [7, 11) is 1.33. The lowest BCUT2D eigenvalue weighted by molar-refractivity contribution is -0.137. The van der Waals surface area contributed by atoms with Crippen LogP contribution in [0.5, 0.6) is 11.5 Å². The summed E-state index contributed by atoms with van der Waals surface area (Å²) in [6, 6.07) is 4.48. The number of carbonyl (C=O) groups excluding carboxylic acids is 2. The van der Waals surface area contributed by atoms with E-state index < -0.39 is 18.4 Å². The Hall–Kier alpha value is -2.38. The lowest BCUT2D eigenvalue weighted by Gasteiger charge is -2.11. The minimum Gasteiger partial charge on any atom is -0.493 e. The SMILES string of the molecule is COc1ccc(CCNC(=O)C(N)=O)cc1OC(F)F. The van der Waals surface area contributed by atoms with E-state index in [9.17, 15) is 18.4 Å². The number of primary amides is 1. The molecule has 0 bridgehead atoms. The maximum atomic E-state index is 12.2. The summed E-state index contributed by atoms with van der Waals surface area (Å²) >= 11 is 0. The van der Waals surface area contributed by atoms with Crippen LogP contribution in [0.2, 0.25) is 0 Å². The van der Waals surface area contributed by atoms with E-state index in [2.05, 4.69) is 10.1 Å². The summed E-state index contributed by atoms with van der Waals surface area (Å²) in [5.41, 5.74) is 5.39. The number of amides is 2. The third-order valence-electron chi connectivity index (χ3n) is 2.37. The average Bonchev–Trinajstić information content (AvgIpc) is 2.38. The van der Waals surface area contributed by atoms with Crippen molar-refractivity contribution in [1.29, 1.82) is 0 Å². The van der Waals surface area contributed by atoms with E-state index >= 15 is 0 Å². The normalized spacial score (nSPS) is 10.2. The smallest absolute Gasteiger partial charge is 0.387 e. The van der Waals surface area contributed by atoms with Crippen molar-refractivity contribution in [3.8, 4) is 11.5 Å². The van der Waals surface area contributed by atoms with E-state index in [0.29, 0.717) is 12.0 Å². The standard InChI is InChI=1S/C12H14F2N2O4/c1-19-8-3-2-7(6-9(8)20-12(13)14)4-5-16-11(18)10(15)17/h2-3,6,12H,4-5H2,1H3,(H2,15,17)(H,16,18). The summed E-state index contributed by atoms with van der Waals surface area (Å²) < 4.78 is 33.7. The van der Waals surface area contributed by atoms with Gasteiger partial charge in [-0.05, 0) is 24.1 Å². The summed E-state index contributed by atoms with van der Waals surface area (Å²) in [6.07, 6.45) is 0.322. The molecule has 0 unspecified atom stereocenters. The Labute approximate surface area is 113 Å². The monoisotopic (exact) mass is 288 g/mol. The quantitative estimate of drug-likeness (QED) is 0.743. The van der Waals surface area contributed by atoms with Gasteiger partial charge in [-0.3, -0.25) is 9.59 Å². The molecular formula is C12H14F2N2O4. The molecule has 1 aromatic carbocycles. The van der Waals surface area contributed by atoms with Gasteiger partial charge in [0, 0.05) is 6.54 Å². The molecule has 1 rings (SSSR count). The van der Waals surface area contributed by atoms with Crippen LogP contribution in [0.4, 0.5) is 8.78 Å². The molecule has 0 spiro atoms. The van der Waals surface area contributed by atoms with Crippen LogP contribution < -0.4 is 20.5 Å². The number of methoxy groups -OCH3 is 1. The first-order chi connectivity index (χ1) is 9.43. The fourth-order valence-electron chi connectivity index (χ4n) is 1.47. The number of alkyl halides is 2. The molecule has 0 saturated carbocycles. The molecule has 0 aliphatic heterocycles. The van der Waals surface area contributed by atoms with E-state index in [1.807, 2.05) is 0 Å². The van der Waals surface area contributed by atoms with Crippen LogP contribution in [-0.4, -0.2) is 32.1 Å². The zero-order valence-corrected chi connectivity index (χ0v) is 10.7. The second kappa shape index (κ2) is 7.27. The molecule has 0 atom stereocenters. The summed E-state index contributed by atoms with van der Waals surface area (Å²) in [6.45, 7) is -2.82. The summed E-state index contributed by atoms with van der Waals surface area (Å²) in [5.74, 6) is -1.90. The zero-order valence-electron chi connectivity index (χ0n) is 10.7. The van der Waals surface area contributed by atoms with Gasteiger partial charge in [0.1, 0.15) is 0 Å². The van der Waals surface area contributed by atoms with E-state index in [-0.39, 0.29) is 18.0 Å². The van der Waals surface area contributed by atoms with Crippen LogP contribution in [-0.2, 0) is 16.0 Å². The van der Waals surface area contributed by atoms with E-state index in [0.717, 1.165) is 0 Å². The van der Waals surface area contributed by atoms with Crippen molar-refractivity contribution in [3.05, 3.63) is 23.8 Å². The highest BCUT2D eigenvalue weighted by atomic mass is 19.3. The first-order valence-corrected chi connectivity index (χ1v) is 5.63. The Bertz CT molecular complexity index is 494. The molecule has 3 N–H and O–H groups in total. The van der Waals surface area contributed by atoms with Crippen LogP contribution in [0.25, 0.3) is 0 Å². The highest BCUT2D eigenvalue weighted by Crippen LogP contribution is 2.29. The van der Waals surface area contributed by atoms with Crippen LogP contribution in [0.3, 0.4) is 0 Å². The van der Waals surface area contributed by atoms with Crippen LogP contribution in [0.1, 0.15) is 5.56 Å². The lowest BCUT2D eigenvalue weighted by atomic mass is 10.1. The third-order valence-corrected chi connectivity index (χ3v) is 2.37. The third kappa shape index (κ3) is 4.71. The molecule has 0 aliphatic carbocycles. The van der Waals surface area contributed by atoms with Crippen molar-refractivity contribution in [2.24, 2.45) is 5.73 Å². The van der Waals surface area contributed by atoms with Gasteiger partial charge in [0.15, 0.2) is 11.5 Å². The molecule has 8 heteroatoms. The van der Waals surface area contributed by atoms with Crippen molar-refractivity contribution >= 4 is 11.8 Å². The largest absolute Gasteiger partial charge is 0.493 e. The minimum atomic E-state index is -2.96. The predicted octanol–water partition coefficient (Wildman–Crippen LogP) is 0.441. The number of hydrogen-bond donors (Lipinski definition) is 2. The van der Waals surface area contributed by atoms with Gasteiger partial charge in [-0.15, -0.1) is 0 Å². The number of ether oxygens (including phenoxy) is 2. The van der Waals surface area contributed by atoms with Gasteiger partial charge in [0.25, 0.3) is 0 Å².